The molecule has 0 N–H and O–H groups in total. The summed E-state index contributed by atoms with van der Waals surface area (Å²) in [4.78, 5) is 1.81. The van der Waals surface area contributed by atoms with Crippen molar-refractivity contribution in [2.24, 2.45) is 0 Å². The molecule has 0 radical (unpaired) electrons. The molecular formula is C9H11Br. The van der Waals surface area contributed by atoms with Crippen LogP contribution in [0.5, 0.6) is 0 Å². The Morgan fingerprint density at radius 1 is 0.800 bits per heavy atom. The molecule has 1 heteroatoms. The second kappa shape index (κ2) is 8.44. The second-order valence-electron chi connectivity index (χ2n) is 1.61. The normalized spacial score (nSPS) is 13.4. The molecule has 0 fully saturated rings. The molecule has 0 aliphatic carbocycles. The summed E-state index contributed by atoms with van der Waals surface area (Å²) >= 11 is 3.16. The summed E-state index contributed by atoms with van der Waals surface area (Å²) < 4.78 is 0. The second-order valence-corrected chi connectivity index (χ2v) is 2.14. The van der Waals surface area contributed by atoms with Crippen molar-refractivity contribution >= 4 is 15.9 Å². The summed E-state index contributed by atoms with van der Waals surface area (Å²) in [7, 11) is 0. The van der Waals surface area contributed by atoms with Crippen LogP contribution in [0.2, 0.25) is 0 Å². The van der Waals surface area contributed by atoms with Gasteiger partial charge in [-0.15, -0.1) is 0 Å². The van der Waals surface area contributed by atoms with Gasteiger partial charge in [0.25, 0.3) is 0 Å². The first-order valence-corrected chi connectivity index (χ1v) is 4.04. The van der Waals surface area contributed by atoms with Crippen LogP contribution in [0.4, 0.5) is 0 Å². The van der Waals surface area contributed by atoms with Crippen LogP contribution in [-0.4, -0.2) is 0 Å². The lowest BCUT2D eigenvalue weighted by atomic mass is 10.4. The summed E-state index contributed by atoms with van der Waals surface area (Å²) in [6.45, 7) is 1.99. The van der Waals surface area contributed by atoms with Crippen molar-refractivity contribution in [2.45, 2.75) is 6.92 Å². The van der Waals surface area contributed by atoms with Gasteiger partial charge in [-0.25, -0.2) is 0 Å². The minimum Gasteiger partial charge on any atom is -0.0877 e. The first-order chi connectivity index (χ1) is 4.91. The minimum atomic E-state index is 1.81. The van der Waals surface area contributed by atoms with E-state index in [1.807, 2.05) is 54.4 Å². The fourth-order valence-corrected chi connectivity index (χ4v) is 0.586. The Labute approximate surface area is 70.8 Å². The van der Waals surface area contributed by atoms with Crippen LogP contribution >= 0.6 is 15.9 Å². The highest BCUT2D eigenvalue weighted by Gasteiger charge is 1.59. The molecule has 0 atom stereocenters. The van der Waals surface area contributed by atoms with E-state index in [0.717, 1.165) is 0 Å². The molecule has 0 aliphatic rings. The van der Waals surface area contributed by atoms with Crippen molar-refractivity contribution < 1.29 is 0 Å². The molecule has 0 aromatic carbocycles. The topological polar surface area (TPSA) is 0 Å². The van der Waals surface area contributed by atoms with E-state index in [1.54, 1.807) is 0 Å². The molecule has 0 saturated heterocycles. The van der Waals surface area contributed by atoms with Gasteiger partial charge in [0.2, 0.25) is 0 Å². The summed E-state index contributed by atoms with van der Waals surface area (Å²) in [5, 5.41) is 0. The number of rotatable bonds is 3. The molecule has 0 heterocycles. The zero-order valence-electron chi connectivity index (χ0n) is 6.00. The van der Waals surface area contributed by atoms with Gasteiger partial charge in [0, 0.05) is 0 Å². The first kappa shape index (κ1) is 9.44. The highest BCUT2D eigenvalue weighted by molar-refractivity contribution is 9.11. The number of hydrogen-bond acceptors (Lipinski definition) is 0. The zero-order chi connectivity index (χ0) is 7.66. The average molecular weight is 199 g/mol. The molecule has 0 saturated carbocycles. The van der Waals surface area contributed by atoms with Crippen LogP contribution in [0.3, 0.4) is 0 Å². The largest absolute Gasteiger partial charge is 0.0877 e. The molecule has 0 aromatic heterocycles. The lowest BCUT2D eigenvalue weighted by Crippen LogP contribution is -1.48. The van der Waals surface area contributed by atoms with Gasteiger partial charge in [-0.3, -0.25) is 0 Å². The van der Waals surface area contributed by atoms with E-state index in [-0.39, 0.29) is 0 Å². The van der Waals surface area contributed by atoms with Gasteiger partial charge in [0.15, 0.2) is 0 Å². The van der Waals surface area contributed by atoms with Gasteiger partial charge >= 0.3 is 0 Å². The third kappa shape index (κ3) is 7.44. The Morgan fingerprint density at radius 2 is 1.30 bits per heavy atom. The Morgan fingerprint density at radius 3 is 1.80 bits per heavy atom. The predicted octanol–water partition coefficient (Wildman–Crippen LogP) is 3.58. The Balaban J connectivity index is 3.51. The highest BCUT2D eigenvalue weighted by Crippen LogP contribution is 1.85. The summed E-state index contributed by atoms with van der Waals surface area (Å²) in [6.07, 6.45) is 13.8. The summed E-state index contributed by atoms with van der Waals surface area (Å²) in [6, 6.07) is 0. The molecule has 0 rings (SSSR count). The third-order valence-corrected chi connectivity index (χ3v) is 1.13. The molecule has 10 heavy (non-hydrogen) atoms. The van der Waals surface area contributed by atoms with E-state index in [9.17, 15) is 0 Å². The molecule has 0 amide bonds. The van der Waals surface area contributed by atoms with Gasteiger partial charge in [-0.2, -0.15) is 0 Å². The van der Waals surface area contributed by atoms with Crippen molar-refractivity contribution in [3.05, 3.63) is 47.5 Å². The summed E-state index contributed by atoms with van der Waals surface area (Å²) in [5.41, 5.74) is 0. The average Bonchev–Trinajstić information content (AvgIpc) is 1.97. The molecule has 0 bridgehead atoms. The number of halogens is 1. The van der Waals surface area contributed by atoms with Crippen molar-refractivity contribution in [2.75, 3.05) is 0 Å². The minimum absolute atomic E-state index is 1.81. The maximum absolute atomic E-state index is 3.16. The molecule has 0 aliphatic heterocycles. The fourth-order valence-electron chi connectivity index (χ4n) is 0.410. The van der Waals surface area contributed by atoms with Gasteiger partial charge < -0.3 is 0 Å². The predicted molar refractivity (Wildman–Crippen MR) is 51.2 cm³/mol. The van der Waals surface area contributed by atoms with Crippen LogP contribution in [0.15, 0.2) is 47.5 Å². The number of allylic oxidation sites excluding steroid dienone is 7. The zero-order valence-corrected chi connectivity index (χ0v) is 7.58. The monoisotopic (exact) mass is 198 g/mol. The maximum atomic E-state index is 3.16. The molecule has 0 unspecified atom stereocenters. The Kier molecular flexibility index (Phi) is 7.97. The fraction of sp³-hybridized carbons (Fsp3) is 0.111. The van der Waals surface area contributed by atoms with E-state index in [4.69, 9.17) is 0 Å². The maximum Gasteiger partial charge on any atom is -0.0189 e. The van der Waals surface area contributed by atoms with Gasteiger partial charge in [-0.05, 0) is 11.9 Å². The number of hydrogen-bond donors (Lipinski definition) is 0. The quantitative estimate of drug-likeness (QED) is 0.609. The smallest absolute Gasteiger partial charge is 0.0189 e. The van der Waals surface area contributed by atoms with Crippen molar-refractivity contribution in [1.29, 1.82) is 0 Å². The van der Waals surface area contributed by atoms with Crippen LogP contribution in [0.25, 0.3) is 0 Å². The van der Waals surface area contributed by atoms with Crippen molar-refractivity contribution in [1.82, 2.24) is 0 Å². The van der Waals surface area contributed by atoms with Crippen LogP contribution in [0, 0.1) is 0 Å². The molecule has 54 valence electrons. The highest BCUT2D eigenvalue weighted by atomic mass is 79.9. The lowest BCUT2D eigenvalue weighted by Gasteiger charge is -1.70. The van der Waals surface area contributed by atoms with Crippen molar-refractivity contribution in [3.63, 3.8) is 0 Å². The van der Waals surface area contributed by atoms with Crippen molar-refractivity contribution in [3.8, 4) is 0 Å². The van der Waals surface area contributed by atoms with E-state index in [1.165, 1.54) is 0 Å². The van der Waals surface area contributed by atoms with E-state index < -0.39 is 0 Å². The Hall–Kier alpha value is -0.560. The standard InChI is InChI=1S/C9H11Br/c1-2-3-4-5-6-7-8-9-10/h2-9H,1H3/b3-2+,5-4+,7-6+,9-8+. The van der Waals surface area contributed by atoms with Crippen LogP contribution < -0.4 is 0 Å². The van der Waals surface area contributed by atoms with E-state index in [0.29, 0.717) is 0 Å². The molecule has 0 aromatic rings. The lowest BCUT2D eigenvalue weighted by molar-refractivity contribution is 1.73. The van der Waals surface area contributed by atoms with E-state index >= 15 is 0 Å². The van der Waals surface area contributed by atoms with Crippen LogP contribution in [-0.2, 0) is 0 Å². The van der Waals surface area contributed by atoms with Gasteiger partial charge in [0.1, 0.15) is 0 Å². The van der Waals surface area contributed by atoms with Gasteiger partial charge in [0.05, 0.1) is 0 Å². The SMILES string of the molecule is C/C=C/C=C/C=C/C=C/Br. The van der Waals surface area contributed by atoms with Gasteiger partial charge in [-0.1, -0.05) is 58.5 Å². The summed E-state index contributed by atoms with van der Waals surface area (Å²) in [5.74, 6) is 0. The third-order valence-electron chi connectivity index (χ3n) is 0.821. The Bertz CT molecular complexity index is 142. The van der Waals surface area contributed by atoms with Crippen LogP contribution in [0.1, 0.15) is 6.92 Å². The molecular weight excluding hydrogens is 188 g/mol. The van der Waals surface area contributed by atoms with E-state index in [2.05, 4.69) is 15.9 Å². The molecule has 0 nitrogen and oxygen atoms in total. The molecule has 0 spiro atoms. The first-order valence-electron chi connectivity index (χ1n) is 3.13.